The Balaban J connectivity index is 0.000000286. The van der Waals surface area contributed by atoms with Gasteiger partial charge >= 0.3 is 10.4 Å². The number of aliphatic hydroxyl groups is 2. The number of nitrogens with one attached hydrogen (secondary N) is 2. The second kappa shape index (κ2) is 19.7. The third-order valence-corrected chi connectivity index (χ3v) is 8.03. The Bertz CT molecular complexity index is 1170. The van der Waals surface area contributed by atoms with E-state index < -0.39 is 22.6 Å². The molecule has 0 aliphatic heterocycles. The maximum absolute atomic E-state index is 10.0. The minimum atomic E-state index is -4.67. The molecule has 2 atom stereocenters. The molecular formula is C36H60N2O8S. The molecule has 4 rings (SSSR count). The Labute approximate surface area is 283 Å². The van der Waals surface area contributed by atoms with E-state index in [2.05, 4.69) is 76.4 Å². The summed E-state index contributed by atoms with van der Waals surface area (Å²) in [7, 11) is -4.67. The van der Waals surface area contributed by atoms with Crippen LogP contribution in [-0.4, -0.2) is 77.3 Å². The lowest BCUT2D eigenvalue weighted by molar-refractivity contribution is 0.0993. The monoisotopic (exact) mass is 680 g/mol. The Morgan fingerprint density at radius 2 is 0.957 bits per heavy atom. The summed E-state index contributed by atoms with van der Waals surface area (Å²) < 4.78 is 43.4. The molecule has 11 heteroatoms. The number of para-hydroxylation sites is 2. The molecular weight excluding hydrogens is 620 g/mol. The predicted molar refractivity (Wildman–Crippen MR) is 188 cm³/mol. The average Bonchev–Trinajstić information content (AvgIpc) is 3.71. The van der Waals surface area contributed by atoms with E-state index in [0.29, 0.717) is 38.1 Å². The molecule has 268 valence electrons. The number of ether oxygens (including phenoxy) is 2. The fraction of sp³-hybridized carbons (Fsp3) is 0.667. The number of benzene rings is 2. The van der Waals surface area contributed by atoms with E-state index in [9.17, 15) is 10.2 Å². The van der Waals surface area contributed by atoms with Gasteiger partial charge in [0.05, 0.1) is 0 Å². The van der Waals surface area contributed by atoms with Crippen LogP contribution in [0.2, 0.25) is 0 Å². The summed E-state index contributed by atoms with van der Waals surface area (Å²) in [6.07, 6.45) is 9.33. The third-order valence-electron chi connectivity index (χ3n) is 8.03. The molecule has 2 fully saturated rings. The molecule has 0 spiro atoms. The molecule has 2 aromatic carbocycles. The quantitative estimate of drug-likeness (QED) is 0.141. The van der Waals surface area contributed by atoms with Gasteiger partial charge in [-0.25, -0.2) is 0 Å². The summed E-state index contributed by atoms with van der Waals surface area (Å²) in [4.78, 5) is 0. The summed E-state index contributed by atoms with van der Waals surface area (Å²) in [6.45, 7) is 14.3. The summed E-state index contributed by atoms with van der Waals surface area (Å²) >= 11 is 0. The summed E-state index contributed by atoms with van der Waals surface area (Å²) in [5, 5.41) is 26.7. The van der Waals surface area contributed by atoms with Crippen molar-refractivity contribution in [2.75, 3.05) is 26.3 Å². The first-order valence-corrected chi connectivity index (χ1v) is 18.3. The topological polar surface area (TPSA) is 158 Å². The first-order chi connectivity index (χ1) is 21.9. The second-order valence-electron chi connectivity index (χ2n) is 14.7. The van der Waals surface area contributed by atoms with Crippen molar-refractivity contribution >= 4 is 10.4 Å². The maximum Gasteiger partial charge on any atom is 0.394 e. The third kappa shape index (κ3) is 18.8. The van der Waals surface area contributed by atoms with Gasteiger partial charge in [0.1, 0.15) is 36.9 Å². The zero-order chi connectivity index (χ0) is 35.1. The smallest absolute Gasteiger partial charge is 0.394 e. The van der Waals surface area contributed by atoms with Crippen LogP contribution in [-0.2, 0) is 10.4 Å². The zero-order valence-electron chi connectivity index (χ0n) is 29.2. The van der Waals surface area contributed by atoms with Gasteiger partial charge in [-0.2, -0.15) is 8.42 Å². The van der Waals surface area contributed by atoms with Gasteiger partial charge in [0.2, 0.25) is 0 Å². The highest BCUT2D eigenvalue weighted by molar-refractivity contribution is 7.79. The summed E-state index contributed by atoms with van der Waals surface area (Å²) in [5.41, 5.74) is 2.66. The molecule has 0 heterocycles. The van der Waals surface area contributed by atoms with Crippen molar-refractivity contribution in [2.45, 2.75) is 128 Å². The standard InChI is InChI=1S/2C18H29NO2.H2O4S/c2*1-18(2,3)19-12-15(20)13-21-17-11-7-6-10-16(17)14-8-4-5-9-14;1-5(2,3)4/h2*6-7,10-11,14-15,19-20H,4-5,8-9,12-13H2,1-3H3;(H2,1,2,3,4)/t2*15-;/m11./s1. The van der Waals surface area contributed by atoms with Gasteiger partial charge in [-0.05, 0) is 102 Å². The number of β-amino-alcohol motifs (C(OH)–C–C–N with tert-alkyl or cyclic N) is 2. The fourth-order valence-electron chi connectivity index (χ4n) is 5.71. The lowest BCUT2D eigenvalue weighted by Crippen LogP contribution is -2.42. The van der Waals surface area contributed by atoms with E-state index in [0.717, 1.165) is 11.5 Å². The van der Waals surface area contributed by atoms with E-state index in [1.54, 1.807) is 0 Å². The van der Waals surface area contributed by atoms with Crippen LogP contribution in [0.4, 0.5) is 0 Å². The van der Waals surface area contributed by atoms with Crippen molar-refractivity contribution in [3.8, 4) is 11.5 Å². The van der Waals surface area contributed by atoms with Gasteiger partial charge < -0.3 is 30.3 Å². The van der Waals surface area contributed by atoms with Crippen molar-refractivity contribution in [3.05, 3.63) is 59.7 Å². The average molecular weight is 681 g/mol. The minimum absolute atomic E-state index is 0.0166. The summed E-state index contributed by atoms with van der Waals surface area (Å²) in [6, 6.07) is 16.6. The zero-order valence-corrected chi connectivity index (χ0v) is 30.1. The molecule has 2 aliphatic rings. The second-order valence-corrected chi connectivity index (χ2v) is 15.6. The minimum Gasteiger partial charge on any atom is -0.491 e. The van der Waals surface area contributed by atoms with Crippen LogP contribution < -0.4 is 20.1 Å². The number of aliphatic hydroxyl groups excluding tert-OH is 2. The van der Waals surface area contributed by atoms with Gasteiger partial charge in [0.25, 0.3) is 0 Å². The van der Waals surface area contributed by atoms with E-state index in [4.69, 9.17) is 27.0 Å². The highest BCUT2D eigenvalue weighted by atomic mass is 32.3. The van der Waals surface area contributed by atoms with Crippen LogP contribution in [0, 0.1) is 0 Å². The molecule has 0 saturated heterocycles. The Morgan fingerprint density at radius 3 is 1.26 bits per heavy atom. The van der Waals surface area contributed by atoms with Crippen molar-refractivity contribution in [3.63, 3.8) is 0 Å². The first-order valence-electron chi connectivity index (χ1n) is 16.9. The van der Waals surface area contributed by atoms with E-state index in [1.807, 2.05) is 24.3 Å². The Hall–Kier alpha value is -2.25. The largest absolute Gasteiger partial charge is 0.491 e. The van der Waals surface area contributed by atoms with Crippen LogP contribution in [0.25, 0.3) is 0 Å². The highest BCUT2D eigenvalue weighted by Gasteiger charge is 2.22. The molecule has 6 N–H and O–H groups in total. The van der Waals surface area contributed by atoms with Crippen LogP contribution in [0.5, 0.6) is 11.5 Å². The van der Waals surface area contributed by atoms with Crippen molar-refractivity contribution < 1.29 is 37.2 Å². The van der Waals surface area contributed by atoms with Crippen molar-refractivity contribution in [2.24, 2.45) is 0 Å². The molecule has 47 heavy (non-hydrogen) atoms. The predicted octanol–water partition coefficient (Wildman–Crippen LogP) is 6.29. The molecule has 2 saturated carbocycles. The van der Waals surface area contributed by atoms with Crippen LogP contribution in [0.1, 0.15) is 116 Å². The lowest BCUT2D eigenvalue weighted by atomic mass is 9.97. The van der Waals surface area contributed by atoms with Gasteiger partial charge in [-0.3, -0.25) is 9.11 Å². The molecule has 0 amide bonds. The van der Waals surface area contributed by atoms with E-state index in [1.165, 1.54) is 62.5 Å². The van der Waals surface area contributed by atoms with Crippen LogP contribution in [0.3, 0.4) is 0 Å². The Kier molecular flexibility index (Phi) is 17.1. The SMILES string of the molecule is CC(C)(C)NC[C@@H](O)COc1ccccc1C1CCCC1.CC(C)(C)NC[C@@H](O)COc1ccccc1C1CCCC1.O=S(=O)(O)O. The Morgan fingerprint density at radius 1 is 0.660 bits per heavy atom. The van der Waals surface area contributed by atoms with Gasteiger partial charge in [0.15, 0.2) is 0 Å². The first kappa shape index (κ1) is 40.9. The molecule has 2 aliphatic carbocycles. The number of hydrogen-bond acceptors (Lipinski definition) is 8. The number of hydrogen-bond donors (Lipinski definition) is 6. The van der Waals surface area contributed by atoms with Gasteiger partial charge in [-0.15, -0.1) is 0 Å². The molecule has 0 unspecified atom stereocenters. The normalized spacial score (nSPS) is 17.2. The molecule has 10 nitrogen and oxygen atoms in total. The van der Waals surface area contributed by atoms with Gasteiger partial charge in [-0.1, -0.05) is 62.1 Å². The van der Waals surface area contributed by atoms with Crippen LogP contribution >= 0.6 is 0 Å². The maximum atomic E-state index is 10.0. The van der Waals surface area contributed by atoms with Crippen molar-refractivity contribution in [1.82, 2.24) is 10.6 Å². The lowest BCUT2D eigenvalue weighted by Gasteiger charge is -2.23. The van der Waals surface area contributed by atoms with E-state index >= 15 is 0 Å². The fourth-order valence-corrected chi connectivity index (χ4v) is 5.71. The molecule has 0 aromatic heterocycles. The highest BCUT2D eigenvalue weighted by Crippen LogP contribution is 2.39. The summed E-state index contributed by atoms with van der Waals surface area (Å²) in [5.74, 6) is 3.15. The van der Waals surface area contributed by atoms with Crippen molar-refractivity contribution in [1.29, 1.82) is 0 Å². The van der Waals surface area contributed by atoms with E-state index in [-0.39, 0.29) is 11.1 Å². The molecule has 2 aromatic rings. The van der Waals surface area contributed by atoms with Gasteiger partial charge in [0, 0.05) is 24.2 Å². The molecule has 0 radical (unpaired) electrons. The molecule has 0 bridgehead atoms. The number of rotatable bonds is 12. The van der Waals surface area contributed by atoms with Crippen LogP contribution in [0.15, 0.2) is 48.5 Å².